The predicted octanol–water partition coefficient (Wildman–Crippen LogP) is 0.650. The average Bonchev–Trinajstić information content (AvgIpc) is 3.11. The second-order valence-electron chi connectivity index (χ2n) is 4.84. The molecule has 22 heavy (non-hydrogen) atoms. The normalized spacial score (nSPS) is 11.0. The number of aliphatic hydroxyl groups excluding tert-OH is 1. The van der Waals surface area contributed by atoms with Crippen molar-refractivity contribution in [2.75, 3.05) is 6.61 Å². The van der Waals surface area contributed by atoms with Crippen LogP contribution in [0.5, 0.6) is 0 Å². The lowest BCUT2D eigenvalue weighted by Gasteiger charge is -2.04. The molecule has 3 aromatic rings. The third-order valence-corrected chi connectivity index (χ3v) is 3.39. The summed E-state index contributed by atoms with van der Waals surface area (Å²) in [6.07, 6.45) is 1.65. The fraction of sp³-hybridized carbons (Fsp3) is 0.286. The number of hydrogen-bond donors (Lipinski definition) is 2. The van der Waals surface area contributed by atoms with Gasteiger partial charge in [0.2, 0.25) is 0 Å². The van der Waals surface area contributed by atoms with Crippen LogP contribution < -0.4 is 5.32 Å². The first-order chi connectivity index (χ1) is 10.7. The first kappa shape index (κ1) is 14.2. The summed E-state index contributed by atoms with van der Waals surface area (Å²) in [5.41, 5.74) is 3.35. The third-order valence-electron chi connectivity index (χ3n) is 3.39. The number of carbonyl (C=O) groups is 1. The zero-order valence-electron chi connectivity index (χ0n) is 12.0. The molecule has 0 atom stereocenters. The molecule has 2 N–H and O–H groups in total. The maximum Gasteiger partial charge on any atom is 0.251 e. The lowest BCUT2D eigenvalue weighted by molar-refractivity contribution is 0.0950. The third kappa shape index (κ3) is 2.68. The number of imidazole rings is 1. The lowest BCUT2D eigenvalue weighted by atomic mass is 10.2. The molecule has 0 aliphatic carbocycles. The molecule has 8 nitrogen and oxygen atoms in total. The van der Waals surface area contributed by atoms with Crippen LogP contribution in [-0.4, -0.2) is 37.5 Å². The fourth-order valence-electron chi connectivity index (χ4n) is 2.17. The van der Waals surface area contributed by atoms with Crippen molar-refractivity contribution in [2.24, 2.45) is 0 Å². The highest BCUT2D eigenvalue weighted by molar-refractivity contribution is 5.97. The van der Waals surface area contributed by atoms with Gasteiger partial charge in [0.05, 0.1) is 30.5 Å². The van der Waals surface area contributed by atoms with Gasteiger partial charge < -0.3 is 15.0 Å². The largest absolute Gasteiger partial charge is 0.395 e. The second kappa shape index (κ2) is 5.94. The van der Waals surface area contributed by atoms with Crippen LogP contribution in [0, 0.1) is 6.92 Å². The Morgan fingerprint density at radius 1 is 1.41 bits per heavy atom. The lowest BCUT2D eigenvalue weighted by Crippen LogP contribution is -2.23. The summed E-state index contributed by atoms with van der Waals surface area (Å²) in [5.74, 6) is -0.221. The number of aryl methyl sites for hydroxylation is 1. The molecule has 114 valence electrons. The van der Waals surface area contributed by atoms with E-state index in [1.165, 1.54) is 0 Å². The van der Waals surface area contributed by atoms with Crippen LogP contribution in [0.4, 0.5) is 0 Å². The zero-order valence-corrected chi connectivity index (χ0v) is 12.0. The molecule has 0 saturated heterocycles. The Kier molecular flexibility index (Phi) is 3.84. The Labute approximate surface area is 125 Å². The first-order valence-electron chi connectivity index (χ1n) is 6.81. The van der Waals surface area contributed by atoms with Crippen molar-refractivity contribution < 1.29 is 14.5 Å². The van der Waals surface area contributed by atoms with Gasteiger partial charge in [-0.2, -0.15) is 0 Å². The maximum atomic E-state index is 12.2. The van der Waals surface area contributed by atoms with Gasteiger partial charge in [0, 0.05) is 12.1 Å². The van der Waals surface area contributed by atoms with E-state index in [0.29, 0.717) is 29.0 Å². The van der Waals surface area contributed by atoms with E-state index < -0.39 is 0 Å². The summed E-state index contributed by atoms with van der Waals surface area (Å²) in [6, 6.07) is 5.25. The van der Waals surface area contributed by atoms with E-state index in [0.717, 1.165) is 5.52 Å². The van der Waals surface area contributed by atoms with Crippen LogP contribution in [-0.2, 0) is 13.1 Å². The number of benzene rings is 1. The highest BCUT2D eigenvalue weighted by Crippen LogP contribution is 2.15. The molecule has 2 aromatic heterocycles. The predicted molar refractivity (Wildman–Crippen MR) is 77.0 cm³/mol. The number of aliphatic hydroxyl groups is 1. The number of aromatic nitrogens is 4. The highest BCUT2D eigenvalue weighted by Gasteiger charge is 2.11. The molecule has 0 bridgehead atoms. The summed E-state index contributed by atoms with van der Waals surface area (Å²) in [7, 11) is 0. The Morgan fingerprint density at radius 2 is 2.27 bits per heavy atom. The molecule has 0 aliphatic heterocycles. The quantitative estimate of drug-likeness (QED) is 0.716. The molecule has 0 spiro atoms. The zero-order chi connectivity index (χ0) is 15.5. The fourth-order valence-corrected chi connectivity index (χ4v) is 2.17. The van der Waals surface area contributed by atoms with Crippen LogP contribution in [0.25, 0.3) is 11.0 Å². The van der Waals surface area contributed by atoms with E-state index in [-0.39, 0.29) is 19.1 Å². The molecule has 1 aromatic carbocycles. The number of nitrogens with one attached hydrogen (secondary N) is 1. The van der Waals surface area contributed by atoms with Gasteiger partial charge in [-0.05, 0) is 25.1 Å². The maximum absolute atomic E-state index is 12.2. The standard InChI is InChI=1S/C14H15N5O3/c1-9-12(18-22-17-9)7-15-14(21)10-2-3-13-11(6-10)16-8-19(13)4-5-20/h2-3,6,8,20H,4-5,7H2,1H3,(H,15,21). The molecule has 3 rings (SSSR count). The minimum Gasteiger partial charge on any atom is -0.395 e. The topological polar surface area (TPSA) is 106 Å². The van der Waals surface area contributed by atoms with Gasteiger partial charge in [-0.3, -0.25) is 4.79 Å². The summed E-state index contributed by atoms with van der Waals surface area (Å²) in [4.78, 5) is 16.4. The van der Waals surface area contributed by atoms with Gasteiger partial charge in [0.25, 0.3) is 5.91 Å². The molecule has 0 aliphatic rings. The van der Waals surface area contributed by atoms with Crippen molar-refractivity contribution in [3.63, 3.8) is 0 Å². The summed E-state index contributed by atoms with van der Waals surface area (Å²) >= 11 is 0. The van der Waals surface area contributed by atoms with Crippen LogP contribution in [0.1, 0.15) is 21.7 Å². The summed E-state index contributed by atoms with van der Waals surface area (Å²) in [6.45, 7) is 2.53. The van der Waals surface area contributed by atoms with Crippen molar-refractivity contribution in [1.29, 1.82) is 0 Å². The molecule has 0 unspecified atom stereocenters. The van der Waals surface area contributed by atoms with Crippen LogP contribution >= 0.6 is 0 Å². The number of nitrogens with zero attached hydrogens (tertiary/aromatic N) is 4. The second-order valence-corrected chi connectivity index (χ2v) is 4.84. The molecule has 8 heteroatoms. The Morgan fingerprint density at radius 3 is 3.00 bits per heavy atom. The molecule has 0 saturated carbocycles. The van der Waals surface area contributed by atoms with Crippen LogP contribution in [0.2, 0.25) is 0 Å². The number of fused-ring (bicyclic) bond motifs is 1. The van der Waals surface area contributed by atoms with Gasteiger partial charge >= 0.3 is 0 Å². The Bertz CT molecular complexity index is 808. The van der Waals surface area contributed by atoms with Crippen LogP contribution in [0.15, 0.2) is 29.2 Å². The van der Waals surface area contributed by atoms with E-state index in [1.807, 2.05) is 10.6 Å². The monoisotopic (exact) mass is 301 g/mol. The van der Waals surface area contributed by atoms with Crippen molar-refractivity contribution in [3.05, 3.63) is 41.5 Å². The highest BCUT2D eigenvalue weighted by atomic mass is 16.6. The molecule has 0 fully saturated rings. The summed E-state index contributed by atoms with van der Waals surface area (Å²) < 4.78 is 6.42. The van der Waals surface area contributed by atoms with Gasteiger partial charge in [-0.1, -0.05) is 10.3 Å². The van der Waals surface area contributed by atoms with Gasteiger partial charge in [-0.25, -0.2) is 9.61 Å². The van der Waals surface area contributed by atoms with Crippen molar-refractivity contribution >= 4 is 16.9 Å². The molecular weight excluding hydrogens is 286 g/mol. The van der Waals surface area contributed by atoms with Crippen molar-refractivity contribution in [1.82, 2.24) is 25.2 Å². The minimum atomic E-state index is -0.221. The number of amides is 1. The smallest absolute Gasteiger partial charge is 0.251 e. The first-order valence-corrected chi connectivity index (χ1v) is 6.81. The number of hydrogen-bond acceptors (Lipinski definition) is 6. The van der Waals surface area contributed by atoms with Gasteiger partial charge in [0.1, 0.15) is 11.4 Å². The van der Waals surface area contributed by atoms with E-state index in [9.17, 15) is 4.79 Å². The van der Waals surface area contributed by atoms with E-state index in [2.05, 4.69) is 25.2 Å². The van der Waals surface area contributed by atoms with Gasteiger partial charge in [0.15, 0.2) is 0 Å². The molecule has 0 radical (unpaired) electrons. The Balaban J connectivity index is 1.75. The van der Waals surface area contributed by atoms with E-state index in [4.69, 9.17) is 5.11 Å². The average molecular weight is 301 g/mol. The number of carbonyl (C=O) groups excluding carboxylic acids is 1. The van der Waals surface area contributed by atoms with Crippen LogP contribution in [0.3, 0.4) is 0 Å². The van der Waals surface area contributed by atoms with E-state index in [1.54, 1.807) is 25.4 Å². The van der Waals surface area contributed by atoms with Crippen molar-refractivity contribution in [3.8, 4) is 0 Å². The summed E-state index contributed by atoms with van der Waals surface area (Å²) in [5, 5.41) is 19.1. The van der Waals surface area contributed by atoms with E-state index >= 15 is 0 Å². The minimum absolute atomic E-state index is 0.0405. The molecule has 2 heterocycles. The molecular formula is C14H15N5O3. The molecule has 1 amide bonds. The van der Waals surface area contributed by atoms with Gasteiger partial charge in [-0.15, -0.1) is 0 Å². The SMILES string of the molecule is Cc1nonc1CNC(=O)c1ccc2c(c1)ncn2CCO. The number of rotatable bonds is 5. The van der Waals surface area contributed by atoms with Crippen molar-refractivity contribution in [2.45, 2.75) is 20.0 Å². The Hall–Kier alpha value is -2.74.